The van der Waals surface area contributed by atoms with E-state index in [1.54, 1.807) is 31.2 Å². The molecule has 0 saturated heterocycles. The number of anilines is 1. The van der Waals surface area contributed by atoms with Crippen molar-refractivity contribution in [2.75, 3.05) is 25.0 Å². The summed E-state index contributed by atoms with van der Waals surface area (Å²) in [5.74, 6) is -0.601. The number of nitrogens with one attached hydrogen (secondary N) is 1. The number of amides is 2. The Kier molecular flexibility index (Phi) is 9.25. The number of carbonyl (C=O) groups excluding carboxylic acids is 2. The summed E-state index contributed by atoms with van der Waals surface area (Å²) >= 11 is 0. The third-order valence-corrected chi connectivity index (χ3v) is 7.98. The van der Waals surface area contributed by atoms with Gasteiger partial charge in [-0.25, -0.2) is 8.42 Å². The third-order valence-electron chi connectivity index (χ3n) is 6.21. The maximum atomic E-state index is 13.9. The van der Waals surface area contributed by atoms with E-state index in [9.17, 15) is 28.1 Å². The van der Waals surface area contributed by atoms with Gasteiger partial charge in [0.05, 0.1) is 22.6 Å². The lowest BCUT2D eigenvalue weighted by atomic mass is 10.1. The molecule has 0 aliphatic rings. The zero-order valence-electron chi connectivity index (χ0n) is 22.0. The molecule has 0 fully saturated rings. The van der Waals surface area contributed by atoms with Crippen LogP contribution in [0.1, 0.15) is 18.1 Å². The topological polar surface area (TPSA) is 139 Å². The van der Waals surface area contributed by atoms with Gasteiger partial charge in [0.1, 0.15) is 18.3 Å². The molecule has 0 bridgehead atoms. The van der Waals surface area contributed by atoms with Crippen LogP contribution in [0.5, 0.6) is 5.75 Å². The molecule has 11 nitrogen and oxygen atoms in total. The molecule has 3 aromatic rings. The van der Waals surface area contributed by atoms with Gasteiger partial charge in [0.2, 0.25) is 11.8 Å². The Balaban J connectivity index is 2.09. The summed E-state index contributed by atoms with van der Waals surface area (Å²) < 4.78 is 33.8. The summed E-state index contributed by atoms with van der Waals surface area (Å²) in [4.78, 5) is 38.0. The summed E-state index contributed by atoms with van der Waals surface area (Å²) in [5.41, 5.74) is 0.810. The summed E-state index contributed by atoms with van der Waals surface area (Å²) in [6.45, 7) is 2.45. The van der Waals surface area contributed by atoms with Gasteiger partial charge >= 0.3 is 0 Å². The van der Waals surface area contributed by atoms with Crippen LogP contribution < -0.4 is 14.4 Å². The van der Waals surface area contributed by atoms with Crippen LogP contribution in [0.4, 0.5) is 11.4 Å². The van der Waals surface area contributed by atoms with Crippen LogP contribution in [0, 0.1) is 17.0 Å². The second-order valence-corrected chi connectivity index (χ2v) is 10.6. The fraction of sp³-hybridized carbons (Fsp3) is 0.259. The Hall–Kier alpha value is -4.45. The van der Waals surface area contributed by atoms with E-state index in [0.29, 0.717) is 11.3 Å². The first-order valence-electron chi connectivity index (χ1n) is 12.0. The van der Waals surface area contributed by atoms with Crippen molar-refractivity contribution in [1.29, 1.82) is 0 Å². The van der Waals surface area contributed by atoms with E-state index < -0.39 is 39.3 Å². The lowest BCUT2D eigenvalue weighted by Crippen LogP contribution is -2.50. The van der Waals surface area contributed by atoms with Crippen LogP contribution in [-0.4, -0.2) is 56.8 Å². The van der Waals surface area contributed by atoms with Crippen molar-refractivity contribution in [1.82, 2.24) is 10.2 Å². The average Bonchev–Trinajstić information content (AvgIpc) is 2.94. The highest BCUT2D eigenvalue weighted by Crippen LogP contribution is 2.29. The first kappa shape index (κ1) is 29.1. The number of rotatable bonds is 11. The minimum absolute atomic E-state index is 0.0563. The molecule has 3 rings (SSSR count). The second-order valence-electron chi connectivity index (χ2n) is 8.71. The first-order chi connectivity index (χ1) is 18.5. The molecule has 0 unspecified atom stereocenters. The van der Waals surface area contributed by atoms with Gasteiger partial charge in [-0.3, -0.25) is 24.0 Å². The van der Waals surface area contributed by atoms with Crippen LogP contribution in [-0.2, 0) is 26.2 Å². The quantitative estimate of drug-likeness (QED) is 0.283. The van der Waals surface area contributed by atoms with E-state index in [2.05, 4.69) is 5.32 Å². The summed E-state index contributed by atoms with van der Waals surface area (Å²) in [6.07, 6.45) is 0. The first-order valence-corrected chi connectivity index (χ1v) is 13.4. The van der Waals surface area contributed by atoms with Crippen molar-refractivity contribution >= 4 is 33.2 Å². The Morgan fingerprint density at radius 1 is 1.05 bits per heavy atom. The predicted molar refractivity (Wildman–Crippen MR) is 146 cm³/mol. The molecule has 12 heteroatoms. The van der Waals surface area contributed by atoms with Gasteiger partial charge < -0.3 is 15.0 Å². The zero-order chi connectivity index (χ0) is 28.7. The minimum Gasteiger partial charge on any atom is -0.497 e. The number of nitro groups is 1. The smallest absolute Gasteiger partial charge is 0.273 e. The SMILES string of the molecule is CNC(=O)[C@@H](C)N(Cc1ccccc1)C(=O)CN(c1ccc(OC)cc1)S(=O)(=O)c1ccc(C)c([N+](=O)[O-])c1. The van der Waals surface area contributed by atoms with Crippen molar-refractivity contribution in [2.24, 2.45) is 0 Å². The lowest BCUT2D eigenvalue weighted by molar-refractivity contribution is -0.385. The number of nitro benzene ring substituents is 1. The molecule has 1 atom stereocenters. The van der Waals surface area contributed by atoms with Crippen LogP contribution in [0.3, 0.4) is 0 Å². The number of hydrogen-bond acceptors (Lipinski definition) is 7. The molecule has 0 spiro atoms. The maximum Gasteiger partial charge on any atom is 0.273 e. The van der Waals surface area contributed by atoms with Crippen LogP contribution in [0.2, 0.25) is 0 Å². The molecule has 3 aromatic carbocycles. The number of nitrogens with zero attached hydrogens (tertiary/aromatic N) is 3. The van der Waals surface area contributed by atoms with E-state index in [1.807, 2.05) is 6.07 Å². The number of carbonyl (C=O) groups is 2. The molecule has 0 aromatic heterocycles. The number of benzene rings is 3. The number of sulfonamides is 1. The summed E-state index contributed by atoms with van der Waals surface area (Å²) in [7, 11) is -1.55. The summed E-state index contributed by atoms with van der Waals surface area (Å²) in [5, 5.41) is 14.0. The highest BCUT2D eigenvalue weighted by Gasteiger charge is 2.33. The van der Waals surface area contributed by atoms with Crippen molar-refractivity contribution < 1.29 is 27.7 Å². The zero-order valence-corrected chi connectivity index (χ0v) is 22.8. The largest absolute Gasteiger partial charge is 0.497 e. The number of ether oxygens (including phenoxy) is 1. The van der Waals surface area contributed by atoms with Crippen molar-refractivity contribution in [3.05, 3.63) is 94.0 Å². The maximum absolute atomic E-state index is 13.9. The molecule has 1 N–H and O–H groups in total. The number of hydrogen-bond donors (Lipinski definition) is 1. The van der Waals surface area contributed by atoms with E-state index in [4.69, 9.17) is 4.74 Å². The predicted octanol–water partition coefficient (Wildman–Crippen LogP) is 3.27. The number of aryl methyl sites for hydroxylation is 1. The molecule has 0 aliphatic carbocycles. The van der Waals surface area contributed by atoms with Gasteiger partial charge in [-0.15, -0.1) is 0 Å². The van der Waals surface area contributed by atoms with Gasteiger partial charge in [-0.2, -0.15) is 0 Å². The fourth-order valence-corrected chi connectivity index (χ4v) is 5.36. The molecular weight excluding hydrogens is 524 g/mol. The molecule has 0 aliphatic heterocycles. The Morgan fingerprint density at radius 3 is 2.26 bits per heavy atom. The normalized spacial score (nSPS) is 11.8. The summed E-state index contributed by atoms with van der Waals surface area (Å²) in [6, 6.07) is 17.7. The Morgan fingerprint density at radius 2 is 1.69 bits per heavy atom. The van der Waals surface area contributed by atoms with Gasteiger partial charge in [-0.05, 0) is 49.7 Å². The Labute approximate surface area is 227 Å². The van der Waals surface area contributed by atoms with Crippen LogP contribution >= 0.6 is 0 Å². The molecule has 0 radical (unpaired) electrons. The number of methoxy groups -OCH3 is 1. The molecular formula is C27H30N4O7S. The minimum atomic E-state index is -4.46. The molecule has 39 heavy (non-hydrogen) atoms. The van der Waals surface area contributed by atoms with Gasteiger partial charge in [-0.1, -0.05) is 36.4 Å². The van der Waals surface area contributed by atoms with Crippen LogP contribution in [0.15, 0.2) is 77.7 Å². The molecule has 0 heterocycles. The van der Waals surface area contributed by atoms with Gasteiger partial charge in [0.15, 0.2) is 0 Å². The van der Waals surface area contributed by atoms with E-state index in [0.717, 1.165) is 15.9 Å². The van der Waals surface area contributed by atoms with Gasteiger partial charge in [0, 0.05) is 25.2 Å². The lowest BCUT2D eigenvalue weighted by Gasteiger charge is -2.31. The third kappa shape index (κ3) is 6.71. The molecule has 2 amide bonds. The van der Waals surface area contributed by atoms with Crippen molar-refractivity contribution in [2.45, 2.75) is 31.3 Å². The highest BCUT2D eigenvalue weighted by atomic mass is 32.2. The standard InChI is InChI=1S/C27H30N4O7S/c1-19-10-15-24(16-25(19)31(34)35)39(36,37)30(22-11-13-23(38-4)14-12-22)18-26(32)29(20(2)27(33)28-3)17-21-8-6-5-7-9-21/h5-16,20H,17-18H2,1-4H3,(H,28,33)/t20-/m1/s1. The number of likely N-dealkylation sites (N-methyl/N-ethyl adjacent to an activating group) is 1. The van der Waals surface area contributed by atoms with Crippen molar-refractivity contribution in [3.63, 3.8) is 0 Å². The van der Waals surface area contributed by atoms with E-state index >= 15 is 0 Å². The molecule has 206 valence electrons. The van der Waals surface area contributed by atoms with E-state index in [-0.39, 0.29) is 22.8 Å². The fourth-order valence-electron chi connectivity index (χ4n) is 3.92. The van der Waals surface area contributed by atoms with Crippen LogP contribution in [0.25, 0.3) is 0 Å². The van der Waals surface area contributed by atoms with E-state index in [1.165, 1.54) is 62.4 Å². The average molecular weight is 555 g/mol. The van der Waals surface area contributed by atoms with Gasteiger partial charge in [0.25, 0.3) is 15.7 Å². The molecule has 0 saturated carbocycles. The van der Waals surface area contributed by atoms with Crippen molar-refractivity contribution in [3.8, 4) is 5.75 Å². The monoisotopic (exact) mass is 554 g/mol. The highest BCUT2D eigenvalue weighted by molar-refractivity contribution is 7.92. The second kappa shape index (κ2) is 12.4. The Bertz CT molecular complexity index is 1440.